The van der Waals surface area contributed by atoms with Crippen molar-refractivity contribution in [2.75, 3.05) is 25.0 Å². The normalized spacial score (nSPS) is 22.9. The number of aromatic nitrogens is 2. The van der Waals surface area contributed by atoms with Gasteiger partial charge in [-0.3, -0.25) is 9.48 Å². The fraction of sp³-hybridized carbons (Fsp3) is 0.636. The largest absolute Gasteiger partial charge is 0.359 e. The van der Waals surface area contributed by atoms with Gasteiger partial charge in [0.1, 0.15) is 17.2 Å². The second kappa shape index (κ2) is 13.6. The van der Waals surface area contributed by atoms with Gasteiger partial charge in [0.25, 0.3) is 0 Å². The SMILES string of the molecule is C=C1CCN(c2nn(C)c3c(F)c(C4CCC(N(C)C(CCNC=O)CCC5CCCCC5)CC4)c(F)cc23)C(=C)N1. The third-order valence-electron chi connectivity index (χ3n) is 10.2. The van der Waals surface area contributed by atoms with E-state index < -0.39 is 11.6 Å². The highest BCUT2D eigenvalue weighted by atomic mass is 19.1. The van der Waals surface area contributed by atoms with Crippen molar-refractivity contribution >= 4 is 23.1 Å². The van der Waals surface area contributed by atoms with Gasteiger partial charge in [0.15, 0.2) is 11.6 Å². The Morgan fingerprint density at radius 3 is 2.57 bits per heavy atom. The molecule has 2 heterocycles. The zero-order valence-electron chi connectivity index (χ0n) is 25.4. The molecular formula is C33H48F2N6O. The van der Waals surface area contributed by atoms with Crippen LogP contribution in [0.15, 0.2) is 30.7 Å². The molecular weight excluding hydrogens is 534 g/mol. The Kier molecular flexibility index (Phi) is 9.86. The van der Waals surface area contributed by atoms with Gasteiger partial charge < -0.3 is 20.4 Å². The number of nitrogens with one attached hydrogen (secondary N) is 2. The Balaban J connectivity index is 1.28. The molecule has 0 spiro atoms. The van der Waals surface area contributed by atoms with E-state index in [0.29, 0.717) is 54.1 Å². The highest BCUT2D eigenvalue weighted by Crippen LogP contribution is 2.41. The van der Waals surface area contributed by atoms with Crippen LogP contribution in [-0.2, 0) is 11.8 Å². The van der Waals surface area contributed by atoms with E-state index in [9.17, 15) is 4.79 Å². The molecule has 0 radical (unpaired) electrons. The minimum Gasteiger partial charge on any atom is -0.359 e. The van der Waals surface area contributed by atoms with Gasteiger partial charge in [0, 0.05) is 49.9 Å². The van der Waals surface area contributed by atoms with E-state index in [1.54, 1.807) is 7.05 Å². The molecule has 7 nitrogen and oxygen atoms in total. The smallest absolute Gasteiger partial charge is 0.207 e. The number of carbonyl (C=O) groups excluding carboxylic acids is 1. The lowest BCUT2D eigenvalue weighted by molar-refractivity contribution is -0.109. The average Bonchev–Trinajstić information content (AvgIpc) is 3.31. The van der Waals surface area contributed by atoms with Gasteiger partial charge in [-0.05, 0) is 69.9 Å². The Hall–Kier alpha value is -2.94. The summed E-state index contributed by atoms with van der Waals surface area (Å²) in [6.07, 6.45) is 14.8. The predicted octanol–water partition coefficient (Wildman–Crippen LogP) is 6.46. The minimum atomic E-state index is -0.492. The quantitative estimate of drug-likeness (QED) is 0.235. The van der Waals surface area contributed by atoms with Crippen LogP contribution in [0.25, 0.3) is 10.9 Å². The van der Waals surface area contributed by atoms with Gasteiger partial charge in [0.05, 0.1) is 5.39 Å². The summed E-state index contributed by atoms with van der Waals surface area (Å²) < 4.78 is 33.4. The Morgan fingerprint density at radius 1 is 1.14 bits per heavy atom. The van der Waals surface area contributed by atoms with E-state index in [0.717, 1.165) is 56.5 Å². The van der Waals surface area contributed by atoms with Crippen molar-refractivity contribution in [2.24, 2.45) is 13.0 Å². The molecule has 2 aromatic rings. The van der Waals surface area contributed by atoms with Crippen molar-refractivity contribution in [1.82, 2.24) is 25.3 Å². The lowest BCUT2D eigenvalue weighted by Crippen LogP contribution is -2.43. The van der Waals surface area contributed by atoms with E-state index in [-0.39, 0.29) is 11.5 Å². The highest BCUT2D eigenvalue weighted by molar-refractivity contribution is 5.92. The van der Waals surface area contributed by atoms with Gasteiger partial charge in [-0.25, -0.2) is 8.78 Å². The van der Waals surface area contributed by atoms with Crippen molar-refractivity contribution in [1.29, 1.82) is 0 Å². The van der Waals surface area contributed by atoms with Crippen molar-refractivity contribution in [3.8, 4) is 0 Å². The van der Waals surface area contributed by atoms with E-state index in [2.05, 4.69) is 40.8 Å². The van der Waals surface area contributed by atoms with Crippen LogP contribution in [0, 0.1) is 17.6 Å². The summed E-state index contributed by atoms with van der Waals surface area (Å²) in [5.74, 6) is 0.795. The van der Waals surface area contributed by atoms with Crippen LogP contribution in [0.4, 0.5) is 14.6 Å². The first-order valence-electron chi connectivity index (χ1n) is 15.9. The van der Waals surface area contributed by atoms with Gasteiger partial charge in [-0.2, -0.15) is 5.10 Å². The summed E-state index contributed by atoms with van der Waals surface area (Å²) in [4.78, 5) is 15.3. The number of carbonyl (C=O) groups is 1. The molecule has 1 aromatic carbocycles. The third kappa shape index (κ3) is 6.51. The third-order valence-corrected chi connectivity index (χ3v) is 10.2. The van der Waals surface area contributed by atoms with Crippen LogP contribution in [0.2, 0.25) is 0 Å². The van der Waals surface area contributed by atoms with E-state index in [4.69, 9.17) is 0 Å². The molecule has 1 amide bonds. The van der Waals surface area contributed by atoms with Crippen molar-refractivity contribution in [3.05, 3.63) is 47.9 Å². The molecule has 2 N–H and O–H groups in total. The molecule has 0 bridgehead atoms. The minimum absolute atomic E-state index is 0.162. The number of aryl methyl sites for hydroxylation is 1. The second-order valence-electron chi connectivity index (χ2n) is 12.8. The van der Waals surface area contributed by atoms with Crippen LogP contribution in [-0.4, -0.2) is 53.3 Å². The van der Waals surface area contributed by atoms with Crippen molar-refractivity contribution in [2.45, 2.75) is 101 Å². The number of benzene rings is 1. The average molecular weight is 583 g/mol. The summed E-state index contributed by atoms with van der Waals surface area (Å²) in [5.41, 5.74) is 1.40. The van der Waals surface area contributed by atoms with Crippen LogP contribution in [0.3, 0.4) is 0 Å². The number of anilines is 1. The summed E-state index contributed by atoms with van der Waals surface area (Å²) >= 11 is 0. The van der Waals surface area contributed by atoms with Gasteiger partial charge in [-0.15, -0.1) is 0 Å². The maximum absolute atomic E-state index is 16.1. The Morgan fingerprint density at radius 2 is 1.88 bits per heavy atom. The molecule has 3 fully saturated rings. The first kappa shape index (κ1) is 30.5. The molecule has 1 atom stereocenters. The Bertz CT molecular complexity index is 1280. The maximum atomic E-state index is 16.1. The summed E-state index contributed by atoms with van der Waals surface area (Å²) in [6.45, 7) is 9.30. The first-order valence-corrected chi connectivity index (χ1v) is 15.9. The zero-order valence-corrected chi connectivity index (χ0v) is 25.4. The van der Waals surface area contributed by atoms with Crippen molar-refractivity contribution in [3.63, 3.8) is 0 Å². The molecule has 1 aromatic heterocycles. The number of halogens is 2. The van der Waals surface area contributed by atoms with Crippen molar-refractivity contribution < 1.29 is 13.6 Å². The topological polar surface area (TPSA) is 65.4 Å². The molecule has 1 aliphatic heterocycles. The molecule has 5 rings (SSSR count). The standard InChI is InChI=1S/C33H48F2N6O/c1-22-17-19-41(23(2)37-22)33-28-20-29(34)30(31(35)32(28)40(4)38-33)25-11-14-26(15-12-25)39(3)27(16-18-36-21-42)13-10-24-8-6-5-7-9-24/h20-21,24-27,37H,1-2,5-19H2,3-4H3,(H,36,42). The summed E-state index contributed by atoms with van der Waals surface area (Å²) in [6, 6.07) is 2.24. The molecule has 3 aliphatic rings. The molecule has 1 unspecified atom stereocenters. The fourth-order valence-corrected chi connectivity index (χ4v) is 7.71. The molecule has 9 heteroatoms. The predicted molar refractivity (Wildman–Crippen MR) is 165 cm³/mol. The maximum Gasteiger partial charge on any atom is 0.207 e. The molecule has 2 aliphatic carbocycles. The number of hydrogen-bond acceptors (Lipinski definition) is 5. The number of rotatable bonds is 11. The number of hydrogen-bond donors (Lipinski definition) is 2. The first-order chi connectivity index (χ1) is 20.3. The second-order valence-corrected chi connectivity index (χ2v) is 12.8. The lowest BCUT2D eigenvalue weighted by Gasteiger charge is -2.40. The van der Waals surface area contributed by atoms with Crippen LogP contribution < -0.4 is 15.5 Å². The van der Waals surface area contributed by atoms with E-state index in [1.807, 2.05) is 4.90 Å². The number of amides is 1. The zero-order chi connectivity index (χ0) is 29.8. The summed E-state index contributed by atoms with van der Waals surface area (Å²) in [5, 5.41) is 11.0. The highest BCUT2D eigenvalue weighted by Gasteiger charge is 2.33. The van der Waals surface area contributed by atoms with Gasteiger partial charge >= 0.3 is 0 Å². The summed E-state index contributed by atoms with van der Waals surface area (Å²) in [7, 11) is 3.93. The lowest BCUT2D eigenvalue weighted by atomic mass is 9.79. The molecule has 1 saturated heterocycles. The Labute approximate surface area is 249 Å². The van der Waals surface area contributed by atoms with Crippen LogP contribution in [0.5, 0.6) is 0 Å². The molecule has 2 saturated carbocycles. The number of nitrogens with zero attached hydrogens (tertiary/aromatic N) is 4. The van der Waals surface area contributed by atoms with Gasteiger partial charge in [0.2, 0.25) is 6.41 Å². The monoisotopic (exact) mass is 582 g/mol. The van der Waals surface area contributed by atoms with Gasteiger partial charge in [-0.1, -0.05) is 45.3 Å². The van der Waals surface area contributed by atoms with Crippen LogP contribution >= 0.6 is 0 Å². The fourth-order valence-electron chi connectivity index (χ4n) is 7.71. The number of fused-ring (bicyclic) bond motifs is 1. The van der Waals surface area contributed by atoms with E-state index >= 15 is 8.78 Å². The molecule has 42 heavy (non-hydrogen) atoms. The van der Waals surface area contributed by atoms with Crippen LogP contribution in [0.1, 0.15) is 95.0 Å². The molecule has 230 valence electrons. The van der Waals surface area contributed by atoms with E-state index in [1.165, 1.54) is 49.3 Å².